The Hall–Kier alpha value is -2.24. The van der Waals surface area contributed by atoms with Crippen molar-refractivity contribution in [3.05, 3.63) is 18.2 Å². The maximum Gasteiger partial charge on any atom is 0.240 e. The Morgan fingerprint density at radius 2 is 1.79 bits per heavy atom. The monoisotopic (exact) mass is 332 g/mol. The predicted molar refractivity (Wildman–Crippen MR) is 90.3 cm³/mol. The van der Waals surface area contributed by atoms with Gasteiger partial charge < -0.3 is 19.7 Å². The van der Waals surface area contributed by atoms with E-state index in [0.717, 1.165) is 32.4 Å². The summed E-state index contributed by atoms with van der Waals surface area (Å²) in [6.07, 6.45) is 4.44. The number of nitrogens with zero attached hydrogens (tertiary/aromatic N) is 1. The Morgan fingerprint density at radius 1 is 1.08 bits per heavy atom. The molecule has 0 unspecified atom stereocenters. The van der Waals surface area contributed by atoms with E-state index in [1.165, 1.54) is 7.11 Å². The van der Waals surface area contributed by atoms with E-state index < -0.39 is 5.41 Å². The summed E-state index contributed by atoms with van der Waals surface area (Å²) in [5.74, 6) is 0.910. The lowest BCUT2D eigenvalue weighted by Gasteiger charge is -2.30. The van der Waals surface area contributed by atoms with Gasteiger partial charge in [-0.25, -0.2) is 0 Å². The summed E-state index contributed by atoms with van der Waals surface area (Å²) in [6.45, 7) is 1.53. The van der Waals surface area contributed by atoms with E-state index >= 15 is 0 Å². The molecule has 0 spiro atoms. The molecule has 6 nitrogen and oxygen atoms in total. The van der Waals surface area contributed by atoms with Crippen molar-refractivity contribution in [2.75, 3.05) is 32.6 Å². The van der Waals surface area contributed by atoms with Crippen LogP contribution in [0, 0.1) is 5.41 Å². The first-order chi connectivity index (χ1) is 11.6. The van der Waals surface area contributed by atoms with E-state index in [1.807, 2.05) is 4.90 Å². The lowest BCUT2D eigenvalue weighted by atomic mass is 10.0. The molecule has 2 fully saturated rings. The van der Waals surface area contributed by atoms with E-state index in [4.69, 9.17) is 9.47 Å². The van der Waals surface area contributed by atoms with Crippen LogP contribution in [0.25, 0.3) is 0 Å². The van der Waals surface area contributed by atoms with E-state index in [-0.39, 0.29) is 11.8 Å². The quantitative estimate of drug-likeness (QED) is 0.841. The summed E-state index contributed by atoms with van der Waals surface area (Å²) in [7, 11) is 3.11. The van der Waals surface area contributed by atoms with Crippen LogP contribution in [-0.4, -0.2) is 44.0 Å². The molecular formula is C18H24N2O4. The molecule has 1 aromatic rings. The summed E-state index contributed by atoms with van der Waals surface area (Å²) in [5, 5.41) is 2.87. The Kier molecular flexibility index (Phi) is 4.64. The second-order valence-corrected chi connectivity index (χ2v) is 6.46. The fourth-order valence-electron chi connectivity index (χ4n) is 3.21. The highest BCUT2D eigenvalue weighted by molar-refractivity contribution is 6.13. The number of methoxy groups -OCH3 is 2. The summed E-state index contributed by atoms with van der Waals surface area (Å²) in [4.78, 5) is 27.4. The number of hydrogen-bond donors (Lipinski definition) is 1. The van der Waals surface area contributed by atoms with Crippen LogP contribution in [0.4, 0.5) is 5.69 Å². The second kappa shape index (κ2) is 6.71. The molecule has 0 bridgehead atoms. The maximum atomic E-state index is 12.8. The minimum atomic E-state index is -0.887. The fraction of sp³-hybridized carbons (Fsp3) is 0.556. The molecule has 1 aromatic carbocycles. The van der Waals surface area contributed by atoms with Gasteiger partial charge in [0.05, 0.1) is 19.9 Å². The maximum absolute atomic E-state index is 12.8. The van der Waals surface area contributed by atoms with Crippen LogP contribution in [0.15, 0.2) is 18.2 Å². The van der Waals surface area contributed by atoms with Crippen LogP contribution in [0.3, 0.4) is 0 Å². The lowest BCUT2D eigenvalue weighted by Crippen LogP contribution is -2.45. The van der Waals surface area contributed by atoms with Gasteiger partial charge in [-0.05, 0) is 44.2 Å². The van der Waals surface area contributed by atoms with Gasteiger partial charge in [-0.15, -0.1) is 0 Å². The number of nitrogens with one attached hydrogen (secondary N) is 1. The molecule has 2 amide bonds. The first-order valence-corrected chi connectivity index (χ1v) is 8.43. The van der Waals surface area contributed by atoms with Gasteiger partial charge in [0.25, 0.3) is 0 Å². The van der Waals surface area contributed by atoms with Gasteiger partial charge in [0, 0.05) is 19.2 Å². The molecule has 24 heavy (non-hydrogen) atoms. The Labute approximate surface area is 142 Å². The number of benzene rings is 1. The minimum absolute atomic E-state index is 0.0211. The minimum Gasteiger partial charge on any atom is -0.497 e. The normalized spacial score (nSPS) is 18.7. The summed E-state index contributed by atoms with van der Waals surface area (Å²) >= 11 is 0. The molecule has 1 saturated carbocycles. The third kappa shape index (κ3) is 3.05. The van der Waals surface area contributed by atoms with Crippen molar-refractivity contribution >= 4 is 17.5 Å². The molecular weight excluding hydrogens is 308 g/mol. The predicted octanol–water partition coefficient (Wildman–Crippen LogP) is 2.44. The Bertz CT molecular complexity index is 634. The fourth-order valence-corrected chi connectivity index (χ4v) is 3.21. The van der Waals surface area contributed by atoms with Crippen molar-refractivity contribution in [3.63, 3.8) is 0 Å². The number of likely N-dealkylation sites (tertiary alicyclic amines) is 1. The van der Waals surface area contributed by atoms with Gasteiger partial charge >= 0.3 is 0 Å². The molecule has 6 heteroatoms. The number of piperidine rings is 1. The molecule has 130 valence electrons. The summed E-state index contributed by atoms with van der Waals surface area (Å²) in [6, 6.07) is 5.20. The SMILES string of the molecule is COc1ccc(NC(=O)C2(C(=O)N3CCCCC3)CC2)c(OC)c1. The Balaban J connectivity index is 1.73. The average Bonchev–Trinajstić information content (AvgIpc) is 3.44. The van der Waals surface area contributed by atoms with Crippen molar-refractivity contribution in [3.8, 4) is 11.5 Å². The van der Waals surface area contributed by atoms with Crippen LogP contribution >= 0.6 is 0 Å². The van der Waals surface area contributed by atoms with Gasteiger partial charge in [-0.3, -0.25) is 9.59 Å². The largest absolute Gasteiger partial charge is 0.497 e. The standard InChI is InChI=1S/C18H24N2O4/c1-23-13-6-7-14(15(12-13)24-2)19-16(21)18(8-9-18)17(22)20-10-4-3-5-11-20/h6-7,12H,3-5,8-11H2,1-2H3,(H,19,21). The van der Waals surface area contributed by atoms with Crippen LogP contribution in [0.1, 0.15) is 32.1 Å². The zero-order valence-corrected chi connectivity index (χ0v) is 14.3. The average molecular weight is 332 g/mol. The van der Waals surface area contributed by atoms with Crippen molar-refractivity contribution in [1.82, 2.24) is 4.90 Å². The lowest BCUT2D eigenvalue weighted by molar-refractivity contribution is -0.143. The van der Waals surface area contributed by atoms with Crippen LogP contribution in [0.2, 0.25) is 0 Å². The molecule has 0 radical (unpaired) electrons. The van der Waals surface area contributed by atoms with Crippen LogP contribution < -0.4 is 14.8 Å². The van der Waals surface area contributed by atoms with Gasteiger partial charge in [-0.2, -0.15) is 0 Å². The van der Waals surface area contributed by atoms with Gasteiger partial charge in [-0.1, -0.05) is 0 Å². The Morgan fingerprint density at radius 3 is 2.38 bits per heavy atom. The van der Waals surface area contributed by atoms with E-state index in [2.05, 4.69) is 5.32 Å². The second-order valence-electron chi connectivity index (χ2n) is 6.46. The van der Waals surface area contributed by atoms with Crippen LogP contribution in [-0.2, 0) is 9.59 Å². The van der Waals surface area contributed by atoms with E-state index in [9.17, 15) is 9.59 Å². The number of hydrogen-bond acceptors (Lipinski definition) is 4. The molecule has 1 aliphatic heterocycles. The van der Waals surface area contributed by atoms with Crippen molar-refractivity contribution in [2.45, 2.75) is 32.1 Å². The highest BCUT2D eigenvalue weighted by Gasteiger charge is 2.58. The summed E-state index contributed by atoms with van der Waals surface area (Å²) < 4.78 is 10.5. The molecule has 2 aliphatic rings. The van der Waals surface area contributed by atoms with Gasteiger partial charge in [0.2, 0.25) is 11.8 Å². The third-order valence-electron chi connectivity index (χ3n) is 4.89. The topological polar surface area (TPSA) is 67.9 Å². The van der Waals surface area contributed by atoms with Crippen LogP contribution in [0.5, 0.6) is 11.5 Å². The molecule has 0 atom stereocenters. The number of anilines is 1. The number of carbonyl (C=O) groups excluding carboxylic acids is 2. The number of rotatable bonds is 5. The molecule has 3 rings (SSSR count). The molecule has 1 heterocycles. The molecule has 1 aliphatic carbocycles. The summed E-state index contributed by atoms with van der Waals surface area (Å²) in [5.41, 5.74) is -0.330. The molecule has 1 saturated heterocycles. The van der Waals surface area contributed by atoms with Gasteiger partial charge in [0.1, 0.15) is 16.9 Å². The molecule has 1 N–H and O–H groups in total. The smallest absolute Gasteiger partial charge is 0.240 e. The number of carbonyl (C=O) groups is 2. The van der Waals surface area contributed by atoms with Crippen molar-refractivity contribution < 1.29 is 19.1 Å². The van der Waals surface area contributed by atoms with E-state index in [0.29, 0.717) is 30.0 Å². The first-order valence-electron chi connectivity index (χ1n) is 8.43. The van der Waals surface area contributed by atoms with Crippen molar-refractivity contribution in [1.29, 1.82) is 0 Å². The zero-order chi connectivity index (χ0) is 17.2. The number of ether oxygens (including phenoxy) is 2. The van der Waals surface area contributed by atoms with E-state index in [1.54, 1.807) is 25.3 Å². The zero-order valence-electron chi connectivity index (χ0n) is 14.3. The van der Waals surface area contributed by atoms with Gasteiger partial charge in [0.15, 0.2) is 0 Å². The number of amides is 2. The highest BCUT2D eigenvalue weighted by atomic mass is 16.5. The third-order valence-corrected chi connectivity index (χ3v) is 4.89. The first kappa shape index (κ1) is 16.6. The van der Waals surface area contributed by atoms with Crippen molar-refractivity contribution in [2.24, 2.45) is 5.41 Å². The highest BCUT2D eigenvalue weighted by Crippen LogP contribution is 2.49. The molecule has 0 aromatic heterocycles.